The Balaban J connectivity index is 1.47. The number of aldehydes is 1. The van der Waals surface area contributed by atoms with Crippen LogP contribution in [0, 0.1) is 23.2 Å². The van der Waals surface area contributed by atoms with Crippen molar-refractivity contribution in [2.45, 2.75) is 38.5 Å². The molecular weight excluding hydrogens is 312 g/mol. The van der Waals surface area contributed by atoms with Gasteiger partial charge in [0.05, 0.1) is 10.6 Å². The highest BCUT2D eigenvalue weighted by atomic mass is 35.5. The number of rotatable bonds is 4. The number of aromatic nitrogens is 1. The van der Waals surface area contributed by atoms with Gasteiger partial charge in [0.2, 0.25) is 0 Å². The zero-order chi connectivity index (χ0) is 16.0. The molecule has 122 valence electrons. The SMILES string of the molecule is O=Cc1cc(C(=O)NCC23CC4CC(CC(C4)C2)C3)c(Cl)cn1. The third kappa shape index (κ3) is 2.78. The Hall–Kier alpha value is -1.42. The molecule has 4 aliphatic rings. The highest BCUT2D eigenvalue weighted by Gasteiger charge is 2.50. The highest BCUT2D eigenvalue weighted by molar-refractivity contribution is 6.33. The summed E-state index contributed by atoms with van der Waals surface area (Å²) in [6.07, 6.45) is 9.94. The number of pyridine rings is 1. The van der Waals surface area contributed by atoms with Crippen LogP contribution in [-0.4, -0.2) is 23.7 Å². The second-order valence-electron chi connectivity index (χ2n) is 7.81. The molecule has 1 heterocycles. The van der Waals surface area contributed by atoms with Crippen molar-refractivity contribution in [3.05, 3.63) is 28.5 Å². The largest absolute Gasteiger partial charge is 0.351 e. The number of carbonyl (C=O) groups is 2. The van der Waals surface area contributed by atoms with Crippen LogP contribution in [0.5, 0.6) is 0 Å². The lowest BCUT2D eigenvalue weighted by molar-refractivity contribution is -0.0503. The van der Waals surface area contributed by atoms with Crippen molar-refractivity contribution in [1.29, 1.82) is 0 Å². The molecule has 0 unspecified atom stereocenters. The Labute approximate surface area is 141 Å². The molecular formula is C18H21ClN2O2. The average molecular weight is 333 g/mol. The number of amides is 1. The van der Waals surface area contributed by atoms with Crippen molar-refractivity contribution in [2.24, 2.45) is 23.2 Å². The Bertz CT molecular complexity index is 623. The third-order valence-corrected chi connectivity index (χ3v) is 6.33. The molecule has 1 aromatic heterocycles. The molecule has 0 radical (unpaired) electrons. The maximum absolute atomic E-state index is 12.5. The van der Waals surface area contributed by atoms with Crippen LogP contribution in [0.4, 0.5) is 0 Å². The van der Waals surface area contributed by atoms with Crippen LogP contribution in [0.25, 0.3) is 0 Å². The minimum absolute atomic E-state index is 0.198. The van der Waals surface area contributed by atoms with Gasteiger partial charge in [-0.25, -0.2) is 0 Å². The minimum atomic E-state index is -0.198. The summed E-state index contributed by atoms with van der Waals surface area (Å²) >= 11 is 6.06. The molecule has 4 bridgehead atoms. The van der Waals surface area contributed by atoms with Gasteiger partial charge in [-0.1, -0.05) is 11.6 Å². The van der Waals surface area contributed by atoms with Gasteiger partial charge in [-0.2, -0.15) is 0 Å². The van der Waals surface area contributed by atoms with E-state index in [-0.39, 0.29) is 17.0 Å². The zero-order valence-electron chi connectivity index (χ0n) is 13.1. The molecule has 23 heavy (non-hydrogen) atoms. The van der Waals surface area contributed by atoms with Gasteiger partial charge in [0.25, 0.3) is 5.91 Å². The van der Waals surface area contributed by atoms with Crippen LogP contribution in [-0.2, 0) is 0 Å². The molecule has 1 aromatic rings. The van der Waals surface area contributed by atoms with Gasteiger partial charge in [-0.3, -0.25) is 14.6 Å². The van der Waals surface area contributed by atoms with Crippen LogP contribution in [0.2, 0.25) is 5.02 Å². The summed E-state index contributed by atoms with van der Waals surface area (Å²) in [6, 6.07) is 1.46. The number of nitrogens with one attached hydrogen (secondary N) is 1. The Morgan fingerprint density at radius 3 is 2.43 bits per heavy atom. The lowest BCUT2D eigenvalue weighted by atomic mass is 9.49. The number of halogens is 1. The molecule has 4 saturated carbocycles. The molecule has 0 aliphatic heterocycles. The van der Waals surface area contributed by atoms with Crippen LogP contribution in [0.3, 0.4) is 0 Å². The van der Waals surface area contributed by atoms with Crippen LogP contribution < -0.4 is 5.32 Å². The molecule has 1 amide bonds. The van der Waals surface area contributed by atoms with Crippen molar-refractivity contribution in [3.63, 3.8) is 0 Å². The molecule has 5 rings (SSSR count). The first kappa shape index (κ1) is 15.1. The first-order valence-corrected chi connectivity index (χ1v) is 8.84. The normalized spacial score (nSPS) is 34.4. The molecule has 0 saturated heterocycles. The summed E-state index contributed by atoms with van der Waals surface area (Å²) < 4.78 is 0. The molecule has 1 N–H and O–H groups in total. The van der Waals surface area contributed by atoms with Crippen molar-refractivity contribution in [2.75, 3.05) is 6.54 Å². The van der Waals surface area contributed by atoms with Crippen molar-refractivity contribution in [1.82, 2.24) is 10.3 Å². The smallest absolute Gasteiger partial charge is 0.252 e. The van der Waals surface area contributed by atoms with E-state index in [0.29, 0.717) is 16.9 Å². The number of hydrogen-bond acceptors (Lipinski definition) is 3. The lowest BCUT2D eigenvalue weighted by Gasteiger charge is -2.56. The van der Waals surface area contributed by atoms with Gasteiger partial charge in [-0.05, 0) is 67.8 Å². The summed E-state index contributed by atoms with van der Waals surface area (Å²) in [4.78, 5) is 27.2. The van der Waals surface area contributed by atoms with Gasteiger partial charge >= 0.3 is 0 Å². The fourth-order valence-corrected chi connectivity index (χ4v) is 5.75. The van der Waals surface area contributed by atoms with Gasteiger partial charge in [0.1, 0.15) is 5.69 Å². The summed E-state index contributed by atoms with van der Waals surface area (Å²) in [5, 5.41) is 3.37. The summed E-state index contributed by atoms with van der Waals surface area (Å²) in [7, 11) is 0. The lowest BCUT2D eigenvalue weighted by Crippen LogP contribution is -2.51. The second kappa shape index (κ2) is 5.59. The highest BCUT2D eigenvalue weighted by Crippen LogP contribution is 2.59. The standard InChI is InChI=1S/C18H21ClN2O2/c19-16-8-20-14(9-22)4-15(16)17(23)21-10-18-5-11-1-12(6-18)3-13(2-11)7-18/h4,8-9,11-13H,1-3,5-7,10H2,(H,21,23). The fraction of sp³-hybridized carbons (Fsp3) is 0.611. The van der Waals surface area contributed by atoms with Gasteiger partial charge in [0, 0.05) is 12.7 Å². The number of carbonyl (C=O) groups excluding carboxylic acids is 2. The fourth-order valence-electron chi connectivity index (χ4n) is 5.56. The number of hydrogen-bond donors (Lipinski definition) is 1. The monoisotopic (exact) mass is 332 g/mol. The van der Waals surface area contributed by atoms with Crippen LogP contribution >= 0.6 is 11.6 Å². The molecule has 0 aromatic carbocycles. The maximum Gasteiger partial charge on any atom is 0.252 e. The van der Waals surface area contributed by atoms with E-state index < -0.39 is 0 Å². The van der Waals surface area contributed by atoms with Crippen LogP contribution in [0.15, 0.2) is 12.3 Å². The van der Waals surface area contributed by atoms with E-state index in [1.165, 1.54) is 50.8 Å². The van der Waals surface area contributed by atoms with E-state index in [1.807, 2.05) is 0 Å². The maximum atomic E-state index is 12.5. The molecule has 4 aliphatic carbocycles. The predicted octanol–water partition coefficient (Wildman–Crippen LogP) is 3.49. The van der Waals surface area contributed by atoms with Gasteiger partial charge in [0.15, 0.2) is 6.29 Å². The average Bonchev–Trinajstić information content (AvgIpc) is 2.52. The number of nitrogens with zero attached hydrogens (tertiary/aromatic N) is 1. The van der Waals surface area contributed by atoms with Gasteiger partial charge in [-0.15, -0.1) is 0 Å². The Kier molecular flexibility index (Phi) is 3.67. The molecule has 0 spiro atoms. The topological polar surface area (TPSA) is 59.1 Å². The van der Waals surface area contributed by atoms with E-state index in [1.54, 1.807) is 0 Å². The first-order valence-electron chi connectivity index (χ1n) is 8.46. The Morgan fingerprint density at radius 2 is 1.87 bits per heavy atom. The van der Waals surface area contributed by atoms with Crippen LogP contribution in [0.1, 0.15) is 59.4 Å². The molecule has 4 nitrogen and oxygen atoms in total. The summed E-state index contributed by atoms with van der Waals surface area (Å²) in [5.41, 5.74) is 0.861. The van der Waals surface area contributed by atoms with E-state index in [0.717, 1.165) is 24.3 Å². The van der Waals surface area contributed by atoms with Crippen molar-refractivity contribution >= 4 is 23.8 Å². The quantitative estimate of drug-likeness (QED) is 0.858. The molecule has 4 fully saturated rings. The molecule has 5 heteroatoms. The van der Waals surface area contributed by atoms with Crippen molar-refractivity contribution < 1.29 is 9.59 Å². The van der Waals surface area contributed by atoms with E-state index in [4.69, 9.17) is 11.6 Å². The van der Waals surface area contributed by atoms with Gasteiger partial charge < -0.3 is 5.32 Å². The predicted molar refractivity (Wildman–Crippen MR) is 87.6 cm³/mol. The zero-order valence-corrected chi connectivity index (χ0v) is 13.8. The van der Waals surface area contributed by atoms with E-state index >= 15 is 0 Å². The second-order valence-corrected chi connectivity index (χ2v) is 8.21. The third-order valence-electron chi connectivity index (χ3n) is 6.03. The minimum Gasteiger partial charge on any atom is -0.351 e. The first-order chi connectivity index (χ1) is 11.1. The Morgan fingerprint density at radius 1 is 1.26 bits per heavy atom. The van der Waals surface area contributed by atoms with Crippen molar-refractivity contribution in [3.8, 4) is 0 Å². The summed E-state index contributed by atoms with van der Waals surface area (Å²) in [5.74, 6) is 2.40. The molecule has 0 atom stereocenters. The van der Waals surface area contributed by atoms with E-state index in [9.17, 15) is 9.59 Å². The van der Waals surface area contributed by atoms with E-state index in [2.05, 4.69) is 10.3 Å². The summed E-state index contributed by atoms with van der Waals surface area (Å²) in [6.45, 7) is 0.727.